The van der Waals surface area contributed by atoms with E-state index in [1.54, 1.807) is 0 Å². The van der Waals surface area contributed by atoms with Crippen LogP contribution < -0.4 is 0 Å². The standard InChI is InChI=1S/C17H25NO2/c1-3-20-17(19)16(15-11-7-4-8-12-15)18-13-9-5-6-10-14(18)2/h4,7-8,11-12,14,16H,3,5-6,9-10,13H2,1-2H3. The molecule has 2 unspecified atom stereocenters. The van der Waals surface area contributed by atoms with Crippen LogP contribution in [-0.2, 0) is 9.53 Å². The molecule has 20 heavy (non-hydrogen) atoms. The maximum absolute atomic E-state index is 12.4. The number of hydrogen-bond donors (Lipinski definition) is 0. The Labute approximate surface area is 121 Å². The molecule has 0 N–H and O–H groups in total. The van der Waals surface area contributed by atoms with E-state index >= 15 is 0 Å². The Morgan fingerprint density at radius 2 is 2.05 bits per heavy atom. The van der Waals surface area contributed by atoms with E-state index in [-0.39, 0.29) is 12.0 Å². The summed E-state index contributed by atoms with van der Waals surface area (Å²) >= 11 is 0. The Morgan fingerprint density at radius 1 is 1.30 bits per heavy atom. The summed E-state index contributed by atoms with van der Waals surface area (Å²) in [6.45, 7) is 5.50. The summed E-state index contributed by atoms with van der Waals surface area (Å²) in [7, 11) is 0. The highest BCUT2D eigenvalue weighted by molar-refractivity contribution is 5.77. The van der Waals surface area contributed by atoms with Crippen LogP contribution in [0.1, 0.15) is 51.1 Å². The van der Waals surface area contributed by atoms with Crippen LogP contribution in [0.4, 0.5) is 0 Å². The van der Waals surface area contributed by atoms with Gasteiger partial charge in [-0.2, -0.15) is 0 Å². The van der Waals surface area contributed by atoms with Gasteiger partial charge in [0, 0.05) is 6.04 Å². The molecule has 2 atom stereocenters. The molecule has 0 bridgehead atoms. The Balaban J connectivity index is 2.27. The third-order valence-electron chi connectivity index (χ3n) is 4.06. The molecule has 2 rings (SSSR count). The van der Waals surface area contributed by atoms with Crippen molar-refractivity contribution < 1.29 is 9.53 Å². The fourth-order valence-electron chi connectivity index (χ4n) is 3.00. The summed E-state index contributed by atoms with van der Waals surface area (Å²) in [4.78, 5) is 14.8. The van der Waals surface area contributed by atoms with Gasteiger partial charge in [0.1, 0.15) is 6.04 Å². The maximum atomic E-state index is 12.4. The molecule has 1 aliphatic heterocycles. The number of rotatable bonds is 4. The normalized spacial score (nSPS) is 22.0. The van der Waals surface area contributed by atoms with Crippen LogP contribution >= 0.6 is 0 Å². The quantitative estimate of drug-likeness (QED) is 0.787. The number of hydrogen-bond acceptors (Lipinski definition) is 3. The van der Waals surface area contributed by atoms with Crippen molar-refractivity contribution in [3.05, 3.63) is 35.9 Å². The second kappa shape index (κ2) is 7.44. The Kier molecular flexibility index (Phi) is 5.60. The largest absolute Gasteiger partial charge is 0.465 e. The van der Waals surface area contributed by atoms with Crippen molar-refractivity contribution >= 4 is 5.97 Å². The van der Waals surface area contributed by atoms with Gasteiger partial charge in [0.05, 0.1) is 6.61 Å². The van der Waals surface area contributed by atoms with Crippen molar-refractivity contribution in [2.24, 2.45) is 0 Å². The van der Waals surface area contributed by atoms with Crippen molar-refractivity contribution in [1.29, 1.82) is 0 Å². The van der Waals surface area contributed by atoms with Crippen LogP contribution in [0.25, 0.3) is 0 Å². The second-order valence-electron chi connectivity index (χ2n) is 5.50. The van der Waals surface area contributed by atoms with E-state index in [9.17, 15) is 4.79 Å². The van der Waals surface area contributed by atoms with Crippen LogP contribution in [-0.4, -0.2) is 30.1 Å². The predicted molar refractivity (Wildman–Crippen MR) is 80.5 cm³/mol. The minimum absolute atomic E-state index is 0.118. The molecule has 1 aromatic rings. The molecule has 0 spiro atoms. The monoisotopic (exact) mass is 275 g/mol. The van der Waals surface area contributed by atoms with E-state index < -0.39 is 0 Å². The predicted octanol–water partition coefficient (Wildman–Crippen LogP) is 3.56. The highest BCUT2D eigenvalue weighted by Crippen LogP contribution is 2.29. The van der Waals surface area contributed by atoms with Gasteiger partial charge in [0.2, 0.25) is 0 Å². The van der Waals surface area contributed by atoms with E-state index in [0.717, 1.165) is 24.9 Å². The van der Waals surface area contributed by atoms with Crippen LogP contribution in [0.5, 0.6) is 0 Å². The van der Waals surface area contributed by atoms with Gasteiger partial charge in [-0.05, 0) is 38.8 Å². The lowest BCUT2D eigenvalue weighted by Gasteiger charge is -2.34. The van der Waals surface area contributed by atoms with Crippen molar-refractivity contribution in [3.63, 3.8) is 0 Å². The van der Waals surface area contributed by atoms with Gasteiger partial charge in [0.15, 0.2) is 0 Å². The molecule has 1 heterocycles. The molecule has 0 radical (unpaired) electrons. The SMILES string of the molecule is CCOC(=O)C(c1ccccc1)N1CCCCCC1C. The van der Waals surface area contributed by atoms with Gasteiger partial charge >= 0.3 is 5.97 Å². The zero-order valence-electron chi connectivity index (χ0n) is 12.5. The molecule has 1 aliphatic rings. The van der Waals surface area contributed by atoms with Gasteiger partial charge < -0.3 is 4.74 Å². The number of esters is 1. The van der Waals surface area contributed by atoms with Crippen molar-refractivity contribution in [2.45, 2.75) is 51.6 Å². The Hall–Kier alpha value is -1.35. The van der Waals surface area contributed by atoms with Gasteiger partial charge in [-0.15, -0.1) is 0 Å². The minimum Gasteiger partial charge on any atom is -0.465 e. The van der Waals surface area contributed by atoms with Gasteiger partial charge in [-0.25, -0.2) is 4.79 Å². The van der Waals surface area contributed by atoms with Crippen LogP contribution in [0, 0.1) is 0 Å². The second-order valence-corrected chi connectivity index (χ2v) is 5.50. The molecule has 1 fully saturated rings. The van der Waals surface area contributed by atoms with Crippen LogP contribution in [0.2, 0.25) is 0 Å². The topological polar surface area (TPSA) is 29.5 Å². The summed E-state index contributed by atoms with van der Waals surface area (Å²) in [5, 5.41) is 0. The van der Waals surface area contributed by atoms with Crippen molar-refractivity contribution in [1.82, 2.24) is 4.90 Å². The molecule has 0 amide bonds. The molecule has 0 saturated carbocycles. The average molecular weight is 275 g/mol. The zero-order chi connectivity index (χ0) is 14.4. The lowest BCUT2D eigenvalue weighted by molar-refractivity contribution is -0.150. The summed E-state index contributed by atoms with van der Waals surface area (Å²) in [5.74, 6) is -0.118. The number of carbonyl (C=O) groups excluding carboxylic acids is 1. The summed E-state index contributed by atoms with van der Waals surface area (Å²) < 4.78 is 5.32. The van der Waals surface area contributed by atoms with Gasteiger partial charge in [0.25, 0.3) is 0 Å². The highest BCUT2D eigenvalue weighted by Gasteiger charge is 2.32. The summed E-state index contributed by atoms with van der Waals surface area (Å²) in [5.41, 5.74) is 1.04. The number of benzene rings is 1. The fraction of sp³-hybridized carbons (Fsp3) is 0.588. The molecule has 0 aliphatic carbocycles. The number of ether oxygens (including phenoxy) is 1. The van der Waals surface area contributed by atoms with Crippen molar-refractivity contribution in [2.75, 3.05) is 13.2 Å². The molecule has 3 nitrogen and oxygen atoms in total. The first-order valence-electron chi connectivity index (χ1n) is 7.71. The van der Waals surface area contributed by atoms with Gasteiger partial charge in [-0.3, -0.25) is 4.90 Å². The third kappa shape index (κ3) is 3.60. The van der Waals surface area contributed by atoms with E-state index in [4.69, 9.17) is 4.74 Å². The first-order chi connectivity index (χ1) is 9.74. The zero-order valence-corrected chi connectivity index (χ0v) is 12.5. The number of carbonyl (C=O) groups is 1. The lowest BCUT2D eigenvalue weighted by Crippen LogP contribution is -2.40. The van der Waals surface area contributed by atoms with E-state index in [1.807, 2.05) is 37.3 Å². The number of nitrogens with zero attached hydrogens (tertiary/aromatic N) is 1. The molecular weight excluding hydrogens is 250 g/mol. The molecule has 1 aromatic carbocycles. The van der Waals surface area contributed by atoms with Crippen LogP contribution in [0.15, 0.2) is 30.3 Å². The van der Waals surface area contributed by atoms with E-state index in [1.165, 1.54) is 12.8 Å². The molecular formula is C17H25NO2. The van der Waals surface area contributed by atoms with Gasteiger partial charge in [-0.1, -0.05) is 43.2 Å². The fourth-order valence-corrected chi connectivity index (χ4v) is 3.00. The lowest BCUT2D eigenvalue weighted by atomic mass is 10.0. The maximum Gasteiger partial charge on any atom is 0.328 e. The Bertz CT molecular complexity index is 418. The minimum atomic E-state index is -0.260. The van der Waals surface area contributed by atoms with E-state index in [0.29, 0.717) is 12.6 Å². The molecule has 0 aromatic heterocycles. The molecule has 1 saturated heterocycles. The van der Waals surface area contributed by atoms with E-state index in [2.05, 4.69) is 11.8 Å². The first-order valence-corrected chi connectivity index (χ1v) is 7.71. The molecule has 110 valence electrons. The van der Waals surface area contributed by atoms with Crippen molar-refractivity contribution in [3.8, 4) is 0 Å². The summed E-state index contributed by atoms with van der Waals surface area (Å²) in [6.07, 6.45) is 4.82. The number of likely N-dealkylation sites (tertiary alicyclic amines) is 1. The molecule has 3 heteroatoms. The average Bonchev–Trinajstić information content (AvgIpc) is 2.66. The first kappa shape index (κ1) is 15.0. The van der Waals surface area contributed by atoms with Crippen LogP contribution in [0.3, 0.4) is 0 Å². The summed E-state index contributed by atoms with van der Waals surface area (Å²) in [6, 6.07) is 10.2. The highest BCUT2D eigenvalue weighted by atomic mass is 16.5. The Morgan fingerprint density at radius 3 is 2.75 bits per heavy atom. The smallest absolute Gasteiger partial charge is 0.328 e. The third-order valence-corrected chi connectivity index (χ3v) is 4.06.